The first-order valence-corrected chi connectivity index (χ1v) is 18.3. The van der Waals surface area contributed by atoms with Gasteiger partial charge in [-0.05, 0) is 54.3 Å². The van der Waals surface area contributed by atoms with Crippen molar-refractivity contribution in [2.24, 2.45) is 0 Å². The van der Waals surface area contributed by atoms with Crippen LogP contribution in [0.15, 0.2) is 72.4 Å². The molecule has 4 heterocycles. The van der Waals surface area contributed by atoms with E-state index in [4.69, 9.17) is 19.2 Å². The molecule has 14 nitrogen and oxygen atoms in total. The van der Waals surface area contributed by atoms with Gasteiger partial charge in [-0.15, -0.1) is 16.4 Å². The van der Waals surface area contributed by atoms with Crippen LogP contribution in [0.5, 0.6) is 17.2 Å². The number of amides is 2. The zero-order valence-corrected chi connectivity index (χ0v) is 31.4. The summed E-state index contributed by atoms with van der Waals surface area (Å²) in [6.07, 6.45) is 5.41. The summed E-state index contributed by atoms with van der Waals surface area (Å²) >= 11 is 1.41. The molecule has 1 fully saturated rings. The molecule has 1 aliphatic heterocycles. The molecular weight excluding hydrogens is 707 g/mol. The number of rotatable bonds is 12. The van der Waals surface area contributed by atoms with Gasteiger partial charge in [-0.3, -0.25) is 9.59 Å². The third-order valence-electron chi connectivity index (χ3n) is 9.93. The predicted molar refractivity (Wildman–Crippen MR) is 205 cm³/mol. The Morgan fingerprint density at radius 2 is 1.85 bits per heavy atom. The fourth-order valence-electron chi connectivity index (χ4n) is 6.98. The number of thiazole rings is 1. The topological polar surface area (TPSA) is 148 Å². The monoisotopic (exact) mass is 745 g/mol. The normalized spacial score (nSPS) is 14.2. The summed E-state index contributed by atoms with van der Waals surface area (Å²) in [5.41, 5.74) is 6.00. The van der Waals surface area contributed by atoms with E-state index < -0.39 is 0 Å². The standard InChI is InChI=1S/C39H39N9O5S/c1-46(2)37(50)30-21-54-32(42-30)20-47-22-39(13-14-39)28-17-23(10-12-27(28)36(47)49)26-7-6-8-29(33(26)53-5)43-34-35-40-15-16-48(35)45-38(44-34)41-19-24-9-11-25(51-3)18-31(24)52-4/h6-12,15-18,21H,13-14,19-20,22H2,1-5H3,(H2,41,43,44,45). The van der Waals surface area contributed by atoms with Crippen LogP contribution in [-0.2, 0) is 18.5 Å². The molecule has 3 aromatic carbocycles. The number of anilines is 3. The molecule has 1 spiro atoms. The van der Waals surface area contributed by atoms with Crippen molar-refractivity contribution in [3.05, 3.63) is 99.8 Å². The summed E-state index contributed by atoms with van der Waals surface area (Å²) in [6.45, 7) is 1.39. The fraction of sp³-hybridized carbons (Fsp3) is 0.282. The maximum Gasteiger partial charge on any atom is 0.272 e. The molecule has 6 aromatic rings. The van der Waals surface area contributed by atoms with Crippen LogP contribution < -0.4 is 24.8 Å². The maximum absolute atomic E-state index is 13.9. The second-order valence-electron chi connectivity index (χ2n) is 13.6. The largest absolute Gasteiger partial charge is 0.497 e. The van der Waals surface area contributed by atoms with E-state index in [9.17, 15) is 9.59 Å². The molecule has 0 radical (unpaired) electrons. The number of para-hydroxylation sites is 1. The Morgan fingerprint density at radius 1 is 1.00 bits per heavy atom. The van der Waals surface area contributed by atoms with Gasteiger partial charge in [-0.2, -0.15) is 4.98 Å². The zero-order chi connectivity index (χ0) is 37.6. The van der Waals surface area contributed by atoms with E-state index in [-0.39, 0.29) is 17.2 Å². The molecule has 3 aromatic heterocycles. The molecule has 0 unspecified atom stereocenters. The van der Waals surface area contributed by atoms with Crippen molar-refractivity contribution in [1.29, 1.82) is 0 Å². The van der Waals surface area contributed by atoms with Crippen LogP contribution in [0.1, 0.15) is 49.8 Å². The zero-order valence-electron chi connectivity index (χ0n) is 30.5. The van der Waals surface area contributed by atoms with Gasteiger partial charge >= 0.3 is 0 Å². The molecule has 8 rings (SSSR count). The van der Waals surface area contributed by atoms with Crippen molar-refractivity contribution < 1.29 is 23.8 Å². The van der Waals surface area contributed by atoms with Crippen LogP contribution in [0.25, 0.3) is 16.8 Å². The Bertz CT molecular complexity index is 2400. The lowest BCUT2D eigenvalue weighted by molar-refractivity contribution is 0.0698. The molecule has 54 heavy (non-hydrogen) atoms. The SMILES string of the molecule is COc1ccc(CNc2nc(Nc3cccc(-c4ccc5c(c4)C4(CC4)CN(Cc4nc(C(=O)N(C)C)cs4)C5=O)c3OC)c3nccn3n2)c(OC)c1. The lowest BCUT2D eigenvalue weighted by Gasteiger charge is -2.34. The molecular formula is C39H39N9O5S. The first-order chi connectivity index (χ1) is 26.2. The molecule has 0 bridgehead atoms. The minimum Gasteiger partial charge on any atom is -0.497 e. The summed E-state index contributed by atoms with van der Waals surface area (Å²) < 4.78 is 18.6. The summed E-state index contributed by atoms with van der Waals surface area (Å²) in [6, 6.07) is 17.6. The number of fused-ring (bicyclic) bond motifs is 3. The van der Waals surface area contributed by atoms with Crippen molar-refractivity contribution in [2.75, 3.05) is 52.6 Å². The Morgan fingerprint density at radius 3 is 2.61 bits per heavy atom. The smallest absolute Gasteiger partial charge is 0.272 e. The number of carbonyl (C=O) groups excluding carboxylic acids is 2. The Kier molecular flexibility index (Phi) is 9.01. The average molecular weight is 746 g/mol. The van der Waals surface area contributed by atoms with E-state index in [1.165, 1.54) is 16.2 Å². The molecule has 0 saturated heterocycles. The van der Waals surface area contributed by atoms with Gasteiger partial charge in [0.2, 0.25) is 5.95 Å². The minimum absolute atomic E-state index is 0.0329. The van der Waals surface area contributed by atoms with Crippen molar-refractivity contribution in [1.82, 2.24) is 34.4 Å². The van der Waals surface area contributed by atoms with E-state index >= 15 is 0 Å². The van der Waals surface area contributed by atoms with Gasteiger partial charge in [0.1, 0.15) is 28.0 Å². The van der Waals surface area contributed by atoms with Crippen molar-refractivity contribution in [2.45, 2.75) is 31.3 Å². The molecule has 15 heteroatoms. The first kappa shape index (κ1) is 34.8. The highest BCUT2D eigenvalue weighted by Crippen LogP contribution is 2.53. The van der Waals surface area contributed by atoms with Gasteiger partial charge in [0.15, 0.2) is 11.5 Å². The Hall–Kier alpha value is -6.22. The number of hydrogen-bond acceptors (Lipinski definition) is 12. The van der Waals surface area contributed by atoms with Gasteiger partial charge < -0.3 is 34.6 Å². The maximum atomic E-state index is 13.9. The van der Waals surface area contributed by atoms with E-state index in [0.717, 1.165) is 40.1 Å². The highest BCUT2D eigenvalue weighted by atomic mass is 32.1. The summed E-state index contributed by atoms with van der Waals surface area (Å²) in [5.74, 6) is 2.70. The van der Waals surface area contributed by atoms with Crippen LogP contribution in [0.3, 0.4) is 0 Å². The number of ether oxygens (including phenoxy) is 3. The molecule has 2 amide bonds. The van der Waals surface area contributed by atoms with Gasteiger partial charge in [-0.25, -0.2) is 14.5 Å². The number of carbonyl (C=O) groups is 2. The molecule has 276 valence electrons. The molecule has 2 N–H and O–H groups in total. The van der Waals surface area contributed by atoms with Crippen molar-refractivity contribution in [3.63, 3.8) is 0 Å². The third kappa shape index (κ3) is 6.40. The van der Waals surface area contributed by atoms with Gasteiger partial charge in [0.25, 0.3) is 11.8 Å². The number of hydrogen-bond donors (Lipinski definition) is 2. The lowest BCUT2D eigenvalue weighted by atomic mass is 9.84. The van der Waals surface area contributed by atoms with Crippen LogP contribution in [0.4, 0.5) is 17.5 Å². The fourth-order valence-corrected chi connectivity index (χ4v) is 7.76. The second-order valence-corrected chi connectivity index (χ2v) is 14.5. The molecule has 1 aliphatic carbocycles. The number of methoxy groups -OCH3 is 3. The van der Waals surface area contributed by atoms with Crippen molar-refractivity contribution in [3.8, 4) is 28.4 Å². The minimum atomic E-state index is -0.149. The molecule has 2 aliphatic rings. The highest BCUT2D eigenvalue weighted by molar-refractivity contribution is 7.09. The van der Waals surface area contributed by atoms with Crippen LogP contribution in [0, 0.1) is 0 Å². The van der Waals surface area contributed by atoms with Crippen LogP contribution >= 0.6 is 11.3 Å². The van der Waals surface area contributed by atoms with Gasteiger partial charge in [0, 0.05) is 73.1 Å². The van der Waals surface area contributed by atoms with Crippen LogP contribution in [0.2, 0.25) is 0 Å². The molecule has 1 saturated carbocycles. The van der Waals surface area contributed by atoms with E-state index in [1.807, 2.05) is 53.4 Å². The third-order valence-corrected chi connectivity index (χ3v) is 10.8. The quantitative estimate of drug-likeness (QED) is 0.152. The molecule has 0 atom stereocenters. The number of nitrogens with one attached hydrogen (secondary N) is 2. The van der Waals surface area contributed by atoms with Crippen LogP contribution in [-0.4, -0.2) is 88.1 Å². The Labute approximate surface area is 315 Å². The number of aromatic nitrogens is 5. The first-order valence-electron chi connectivity index (χ1n) is 17.4. The second kappa shape index (κ2) is 14.0. The number of imidazole rings is 1. The van der Waals surface area contributed by atoms with E-state index in [0.29, 0.717) is 71.2 Å². The van der Waals surface area contributed by atoms with Gasteiger partial charge in [-0.1, -0.05) is 18.2 Å². The number of benzene rings is 3. The van der Waals surface area contributed by atoms with E-state index in [1.54, 1.807) is 57.7 Å². The summed E-state index contributed by atoms with van der Waals surface area (Å²) in [4.78, 5) is 43.5. The number of nitrogens with zero attached hydrogens (tertiary/aromatic N) is 7. The van der Waals surface area contributed by atoms with Gasteiger partial charge in [0.05, 0.1) is 33.6 Å². The average Bonchev–Trinajstić information content (AvgIpc) is 3.54. The Balaban J connectivity index is 1.06. The van der Waals surface area contributed by atoms with E-state index in [2.05, 4.69) is 31.8 Å². The predicted octanol–water partition coefficient (Wildman–Crippen LogP) is 6.02. The lowest BCUT2D eigenvalue weighted by Crippen LogP contribution is -2.42. The summed E-state index contributed by atoms with van der Waals surface area (Å²) in [7, 11) is 8.28. The highest BCUT2D eigenvalue weighted by Gasteiger charge is 2.51. The summed E-state index contributed by atoms with van der Waals surface area (Å²) in [5, 5.41) is 13.9. The van der Waals surface area contributed by atoms with Crippen molar-refractivity contribution >= 4 is 46.3 Å².